The monoisotopic (exact) mass is 389 g/mol. The minimum absolute atomic E-state index is 0. The normalized spacial score (nSPS) is 19.6. The smallest absolute Gasteiger partial charge is 0.339 e. The van der Waals surface area contributed by atoms with Gasteiger partial charge in [-0.25, -0.2) is 4.79 Å². The standard InChI is InChI=1S/C21H23NO4.ClH/c1-22-14-6-13-21(15-22,19(23)16-7-4-3-5-8-16)26-20(24)17-9-11-18(25-2)12-10-17;/h3-5,7-12H,6,13-15H2,1-2H3;1H. The number of piperidine rings is 1. The Morgan fingerprint density at radius 1 is 1.00 bits per heavy atom. The second kappa shape index (κ2) is 9.02. The second-order valence-electron chi connectivity index (χ2n) is 6.65. The summed E-state index contributed by atoms with van der Waals surface area (Å²) in [7, 11) is 3.51. The van der Waals surface area contributed by atoms with Crippen molar-refractivity contribution in [1.29, 1.82) is 0 Å². The third kappa shape index (κ3) is 4.67. The van der Waals surface area contributed by atoms with Gasteiger partial charge in [0.05, 0.1) is 12.7 Å². The largest absolute Gasteiger partial charge is 0.497 e. The zero-order valence-corrected chi connectivity index (χ0v) is 16.3. The van der Waals surface area contributed by atoms with E-state index in [9.17, 15) is 9.59 Å². The van der Waals surface area contributed by atoms with Crippen molar-refractivity contribution in [3.63, 3.8) is 0 Å². The first kappa shape index (κ1) is 20.9. The first-order valence-electron chi connectivity index (χ1n) is 8.70. The zero-order valence-electron chi connectivity index (χ0n) is 15.5. The van der Waals surface area contributed by atoms with Gasteiger partial charge in [0.15, 0.2) is 5.60 Å². The Kier molecular flexibility index (Phi) is 6.99. The summed E-state index contributed by atoms with van der Waals surface area (Å²) in [5.41, 5.74) is -0.199. The van der Waals surface area contributed by atoms with Crippen molar-refractivity contribution < 1.29 is 19.1 Å². The van der Waals surface area contributed by atoms with Gasteiger partial charge < -0.3 is 14.4 Å². The minimum Gasteiger partial charge on any atom is -0.497 e. The highest BCUT2D eigenvalue weighted by atomic mass is 35.5. The van der Waals surface area contributed by atoms with Crippen LogP contribution in [0.5, 0.6) is 5.75 Å². The highest BCUT2D eigenvalue weighted by Gasteiger charge is 2.45. The first-order chi connectivity index (χ1) is 12.5. The Morgan fingerprint density at radius 3 is 2.26 bits per heavy atom. The number of hydrogen-bond donors (Lipinski definition) is 0. The van der Waals surface area contributed by atoms with Crippen LogP contribution in [0.1, 0.15) is 33.6 Å². The molecule has 0 N–H and O–H groups in total. The SMILES string of the molecule is COc1ccc(C(=O)OC2(C(=O)c3ccccc3)CCCN(C)C2)cc1.Cl. The molecule has 0 saturated carbocycles. The summed E-state index contributed by atoms with van der Waals surface area (Å²) in [5, 5.41) is 0. The summed E-state index contributed by atoms with van der Waals surface area (Å²) in [4.78, 5) is 28.0. The van der Waals surface area contributed by atoms with Crippen molar-refractivity contribution in [3.8, 4) is 5.75 Å². The van der Waals surface area contributed by atoms with Crippen LogP contribution in [0, 0.1) is 0 Å². The van der Waals surface area contributed by atoms with Crippen LogP contribution < -0.4 is 4.74 Å². The number of likely N-dealkylation sites (tertiary alicyclic amines) is 1. The molecule has 1 heterocycles. The van der Waals surface area contributed by atoms with Crippen LogP contribution in [0.15, 0.2) is 54.6 Å². The number of esters is 1. The highest BCUT2D eigenvalue weighted by Crippen LogP contribution is 2.30. The van der Waals surface area contributed by atoms with Crippen LogP contribution in [-0.2, 0) is 4.74 Å². The number of benzene rings is 2. The van der Waals surface area contributed by atoms with Crippen LogP contribution >= 0.6 is 12.4 Å². The molecule has 1 atom stereocenters. The van der Waals surface area contributed by atoms with Crippen molar-refractivity contribution in [2.24, 2.45) is 0 Å². The summed E-state index contributed by atoms with van der Waals surface area (Å²) in [6, 6.07) is 15.7. The average molecular weight is 390 g/mol. The number of nitrogens with zero attached hydrogens (tertiary/aromatic N) is 1. The van der Waals surface area contributed by atoms with E-state index in [1.165, 1.54) is 0 Å². The van der Waals surface area contributed by atoms with Crippen molar-refractivity contribution >= 4 is 24.2 Å². The molecule has 0 bridgehead atoms. The molecule has 5 nitrogen and oxygen atoms in total. The zero-order chi connectivity index (χ0) is 18.6. The Morgan fingerprint density at radius 2 is 1.67 bits per heavy atom. The fourth-order valence-electron chi connectivity index (χ4n) is 3.36. The van der Waals surface area contributed by atoms with E-state index in [2.05, 4.69) is 0 Å². The third-order valence-corrected chi connectivity index (χ3v) is 4.71. The summed E-state index contributed by atoms with van der Waals surface area (Å²) >= 11 is 0. The molecule has 1 aliphatic heterocycles. The second-order valence-corrected chi connectivity index (χ2v) is 6.65. The van der Waals surface area contributed by atoms with Crippen LogP contribution in [0.4, 0.5) is 0 Å². The molecule has 0 radical (unpaired) electrons. The third-order valence-electron chi connectivity index (χ3n) is 4.71. The highest BCUT2D eigenvalue weighted by molar-refractivity contribution is 6.04. The fraction of sp³-hybridized carbons (Fsp3) is 0.333. The van der Waals surface area contributed by atoms with Gasteiger partial charge in [-0.1, -0.05) is 30.3 Å². The van der Waals surface area contributed by atoms with Gasteiger partial charge in [-0.15, -0.1) is 12.4 Å². The van der Waals surface area contributed by atoms with Gasteiger partial charge in [-0.3, -0.25) is 4.79 Å². The van der Waals surface area contributed by atoms with Crippen LogP contribution in [0.25, 0.3) is 0 Å². The van der Waals surface area contributed by atoms with E-state index in [-0.39, 0.29) is 18.2 Å². The van der Waals surface area contributed by atoms with Crippen LogP contribution in [0.3, 0.4) is 0 Å². The molecule has 2 aromatic carbocycles. The van der Waals surface area contributed by atoms with E-state index < -0.39 is 11.6 Å². The molecule has 27 heavy (non-hydrogen) atoms. The lowest BCUT2D eigenvalue weighted by molar-refractivity contribution is -0.0364. The molecule has 0 spiro atoms. The average Bonchev–Trinajstić information content (AvgIpc) is 2.68. The summed E-state index contributed by atoms with van der Waals surface area (Å²) in [6.45, 7) is 1.27. The molecular formula is C21H24ClNO4. The lowest BCUT2D eigenvalue weighted by Crippen LogP contribution is -2.54. The van der Waals surface area contributed by atoms with E-state index in [1.807, 2.05) is 30.1 Å². The Balaban J connectivity index is 0.00000261. The number of ketones is 1. The minimum atomic E-state index is -1.16. The van der Waals surface area contributed by atoms with Gasteiger partial charge in [0.25, 0.3) is 0 Å². The Labute approximate surface area is 165 Å². The number of rotatable bonds is 5. The quantitative estimate of drug-likeness (QED) is 0.577. The van der Waals surface area contributed by atoms with E-state index in [0.717, 1.165) is 13.0 Å². The maximum absolute atomic E-state index is 13.2. The van der Waals surface area contributed by atoms with Crippen LogP contribution in [-0.4, -0.2) is 49.5 Å². The van der Waals surface area contributed by atoms with E-state index in [4.69, 9.17) is 9.47 Å². The Hall–Kier alpha value is -2.37. The predicted molar refractivity (Wildman–Crippen MR) is 106 cm³/mol. The lowest BCUT2D eigenvalue weighted by atomic mass is 9.85. The molecule has 1 unspecified atom stereocenters. The maximum atomic E-state index is 13.2. The van der Waals surface area contributed by atoms with E-state index in [0.29, 0.717) is 29.8 Å². The number of likely N-dealkylation sites (N-methyl/N-ethyl adjacent to an activating group) is 1. The van der Waals surface area contributed by atoms with Gasteiger partial charge in [-0.2, -0.15) is 0 Å². The fourth-order valence-corrected chi connectivity index (χ4v) is 3.36. The molecular weight excluding hydrogens is 366 g/mol. The molecule has 1 aliphatic rings. The molecule has 0 amide bonds. The number of ether oxygens (including phenoxy) is 2. The molecule has 0 aromatic heterocycles. The molecule has 3 rings (SSSR count). The van der Waals surface area contributed by atoms with Gasteiger partial charge in [0.1, 0.15) is 5.75 Å². The summed E-state index contributed by atoms with van der Waals surface area (Å²) in [5.74, 6) is 0.0211. The number of carbonyl (C=O) groups excluding carboxylic acids is 2. The molecule has 1 saturated heterocycles. The van der Waals surface area contributed by atoms with Gasteiger partial charge in [0.2, 0.25) is 5.78 Å². The van der Waals surface area contributed by atoms with E-state index in [1.54, 1.807) is 43.5 Å². The number of carbonyl (C=O) groups is 2. The van der Waals surface area contributed by atoms with Crippen molar-refractivity contribution in [1.82, 2.24) is 4.90 Å². The van der Waals surface area contributed by atoms with Crippen LogP contribution in [0.2, 0.25) is 0 Å². The Bertz CT molecular complexity index is 779. The molecule has 0 aliphatic carbocycles. The first-order valence-corrected chi connectivity index (χ1v) is 8.70. The number of hydrogen-bond acceptors (Lipinski definition) is 5. The predicted octanol–water partition coefficient (Wildman–Crippen LogP) is 3.62. The van der Waals surface area contributed by atoms with Crippen molar-refractivity contribution in [2.45, 2.75) is 18.4 Å². The lowest BCUT2D eigenvalue weighted by Gasteiger charge is -2.39. The van der Waals surface area contributed by atoms with Gasteiger partial charge in [-0.05, 0) is 50.7 Å². The summed E-state index contributed by atoms with van der Waals surface area (Å²) in [6.07, 6.45) is 1.32. The van der Waals surface area contributed by atoms with Crippen molar-refractivity contribution in [2.75, 3.05) is 27.2 Å². The maximum Gasteiger partial charge on any atom is 0.339 e. The molecule has 2 aromatic rings. The topological polar surface area (TPSA) is 55.8 Å². The molecule has 1 fully saturated rings. The van der Waals surface area contributed by atoms with E-state index >= 15 is 0 Å². The number of methoxy groups -OCH3 is 1. The molecule has 144 valence electrons. The molecule has 6 heteroatoms. The summed E-state index contributed by atoms with van der Waals surface area (Å²) < 4.78 is 11.0. The van der Waals surface area contributed by atoms with Gasteiger partial charge >= 0.3 is 5.97 Å². The van der Waals surface area contributed by atoms with Crippen molar-refractivity contribution in [3.05, 3.63) is 65.7 Å². The number of halogens is 1. The number of Topliss-reactive ketones (excluding diaryl/α,β-unsaturated/α-hetero) is 1. The van der Waals surface area contributed by atoms with Gasteiger partial charge in [0, 0.05) is 12.1 Å².